The molecule has 5 nitrogen and oxygen atoms in total. The number of rotatable bonds is 4. The first kappa shape index (κ1) is 18.5. The van der Waals surface area contributed by atoms with Gasteiger partial charge in [-0.15, -0.1) is 0 Å². The van der Waals surface area contributed by atoms with Crippen molar-refractivity contribution >= 4 is 8.32 Å². The van der Waals surface area contributed by atoms with Crippen molar-refractivity contribution in [2.75, 3.05) is 0 Å². The molecular weight excluding hydrogens is 324 g/mol. The molecule has 0 aromatic carbocycles. The predicted octanol–water partition coefficient (Wildman–Crippen LogP) is 2.72. The summed E-state index contributed by atoms with van der Waals surface area (Å²) in [7, 11) is -2.03. The Kier molecular flexibility index (Phi) is 4.77. The highest BCUT2D eigenvalue weighted by Gasteiger charge is 2.60. The molecule has 0 aromatic rings. The second-order valence-corrected chi connectivity index (χ2v) is 13.6. The molecule has 0 aromatic heterocycles. The van der Waals surface area contributed by atoms with Crippen LogP contribution in [0, 0.1) is 0 Å². The molecule has 3 rings (SSSR count). The van der Waals surface area contributed by atoms with Crippen LogP contribution in [-0.2, 0) is 13.9 Å². The molecule has 1 unspecified atom stereocenters. The smallest absolute Gasteiger partial charge is 0.193 e. The first-order valence-corrected chi connectivity index (χ1v) is 12.1. The van der Waals surface area contributed by atoms with Crippen molar-refractivity contribution in [1.29, 1.82) is 0 Å². The Labute approximate surface area is 146 Å². The highest BCUT2D eigenvalue weighted by Crippen LogP contribution is 2.49. The Bertz CT molecular complexity index is 524. The number of epoxide rings is 1. The molecule has 2 heterocycles. The number of aliphatic hydroxyl groups is 2. The Morgan fingerprint density at radius 1 is 1.17 bits per heavy atom. The number of aliphatic hydroxyl groups excluding tert-OH is 2. The van der Waals surface area contributed by atoms with Gasteiger partial charge in [0.2, 0.25) is 0 Å². The van der Waals surface area contributed by atoms with Gasteiger partial charge in [-0.2, -0.15) is 0 Å². The van der Waals surface area contributed by atoms with E-state index in [1.807, 2.05) is 0 Å². The molecule has 0 saturated carbocycles. The number of hydrogen-bond acceptors (Lipinski definition) is 5. The fraction of sp³-hybridized carbons (Fsp3) is 0.889. The minimum Gasteiger partial charge on any atom is -0.407 e. The van der Waals surface area contributed by atoms with E-state index in [-0.39, 0.29) is 29.5 Å². The van der Waals surface area contributed by atoms with E-state index >= 15 is 0 Å². The van der Waals surface area contributed by atoms with Crippen LogP contribution in [-0.4, -0.2) is 55.3 Å². The summed E-state index contributed by atoms with van der Waals surface area (Å²) in [6.45, 7) is 13.1. The van der Waals surface area contributed by atoms with Gasteiger partial charge >= 0.3 is 0 Å². The van der Waals surface area contributed by atoms with Gasteiger partial charge in [0.1, 0.15) is 24.4 Å². The maximum Gasteiger partial charge on any atom is 0.193 e. The molecule has 0 amide bonds. The fourth-order valence-electron chi connectivity index (χ4n) is 3.57. The molecule has 138 valence electrons. The Morgan fingerprint density at radius 2 is 1.83 bits per heavy atom. The van der Waals surface area contributed by atoms with Crippen molar-refractivity contribution in [1.82, 2.24) is 0 Å². The highest BCUT2D eigenvalue weighted by atomic mass is 28.4. The van der Waals surface area contributed by atoms with Crippen LogP contribution < -0.4 is 0 Å². The van der Waals surface area contributed by atoms with Gasteiger partial charge in [0.05, 0.1) is 6.10 Å². The molecule has 1 fully saturated rings. The summed E-state index contributed by atoms with van der Waals surface area (Å²) in [6, 6.07) is 0. The lowest BCUT2D eigenvalue weighted by Crippen LogP contribution is -2.51. The second kappa shape index (κ2) is 6.18. The molecule has 0 spiro atoms. The van der Waals surface area contributed by atoms with Gasteiger partial charge in [0.15, 0.2) is 14.6 Å². The van der Waals surface area contributed by atoms with Gasteiger partial charge < -0.3 is 24.1 Å². The lowest BCUT2D eigenvalue weighted by molar-refractivity contribution is -0.135. The summed E-state index contributed by atoms with van der Waals surface area (Å²) in [6.07, 6.45) is 0.202. The quantitative estimate of drug-likeness (QED) is 0.460. The van der Waals surface area contributed by atoms with Gasteiger partial charge in [0.25, 0.3) is 0 Å². The summed E-state index contributed by atoms with van der Waals surface area (Å²) in [4.78, 5) is 0. The minimum atomic E-state index is -2.03. The average Bonchev–Trinajstić information content (AvgIpc) is 3.23. The van der Waals surface area contributed by atoms with E-state index in [1.54, 1.807) is 0 Å². The summed E-state index contributed by atoms with van der Waals surface area (Å²) in [5, 5.41) is 21.3. The largest absolute Gasteiger partial charge is 0.407 e. The third-order valence-corrected chi connectivity index (χ3v) is 10.5. The zero-order valence-corrected chi connectivity index (χ0v) is 16.7. The van der Waals surface area contributed by atoms with Gasteiger partial charge in [-0.05, 0) is 36.5 Å². The maximum atomic E-state index is 10.6. The Hall–Kier alpha value is -0.243. The molecule has 0 bridgehead atoms. The third-order valence-electron chi connectivity index (χ3n) is 6.08. The maximum absolute atomic E-state index is 10.6. The normalized spacial score (nSPS) is 39.5. The number of ether oxygens (including phenoxy) is 2. The van der Waals surface area contributed by atoms with Gasteiger partial charge in [0, 0.05) is 5.57 Å². The molecule has 3 aliphatic rings. The van der Waals surface area contributed by atoms with Crippen LogP contribution in [0.2, 0.25) is 18.1 Å². The summed E-state index contributed by atoms with van der Waals surface area (Å²) in [5.74, 6) is 0. The molecule has 2 N–H and O–H groups in total. The average molecular weight is 357 g/mol. The van der Waals surface area contributed by atoms with E-state index in [2.05, 4.69) is 40.8 Å². The van der Waals surface area contributed by atoms with Crippen LogP contribution in [0.25, 0.3) is 0 Å². The van der Waals surface area contributed by atoms with Crippen molar-refractivity contribution in [3.05, 3.63) is 11.1 Å². The first-order chi connectivity index (χ1) is 11.1. The van der Waals surface area contributed by atoms with E-state index in [9.17, 15) is 10.2 Å². The Morgan fingerprint density at radius 3 is 2.42 bits per heavy atom. The van der Waals surface area contributed by atoms with Crippen molar-refractivity contribution in [2.24, 2.45) is 0 Å². The number of hydrogen-bond donors (Lipinski definition) is 2. The molecule has 1 aliphatic carbocycles. The van der Waals surface area contributed by atoms with E-state index in [0.29, 0.717) is 6.42 Å². The van der Waals surface area contributed by atoms with E-state index in [1.165, 1.54) is 0 Å². The molecule has 1 saturated heterocycles. The third kappa shape index (κ3) is 3.13. The van der Waals surface area contributed by atoms with Crippen molar-refractivity contribution in [2.45, 2.75) is 102 Å². The monoisotopic (exact) mass is 356 g/mol. The van der Waals surface area contributed by atoms with Crippen LogP contribution in [0.3, 0.4) is 0 Å². The van der Waals surface area contributed by atoms with Crippen molar-refractivity contribution in [3.63, 3.8) is 0 Å². The summed E-state index contributed by atoms with van der Waals surface area (Å²) in [5.41, 5.74) is 1.60. The first-order valence-electron chi connectivity index (χ1n) is 9.14. The van der Waals surface area contributed by atoms with Crippen LogP contribution in [0.1, 0.15) is 47.0 Å². The molecule has 6 heteroatoms. The zero-order valence-electron chi connectivity index (χ0n) is 15.7. The van der Waals surface area contributed by atoms with Crippen LogP contribution in [0.15, 0.2) is 11.1 Å². The summed E-state index contributed by atoms with van der Waals surface area (Å²) < 4.78 is 18.1. The van der Waals surface area contributed by atoms with E-state index in [0.717, 1.165) is 24.0 Å². The van der Waals surface area contributed by atoms with Gasteiger partial charge in [-0.3, -0.25) is 0 Å². The van der Waals surface area contributed by atoms with Gasteiger partial charge in [-0.25, -0.2) is 0 Å². The molecular formula is C18H32O5Si. The fourth-order valence-corrected chi connectivity index (χ4v) is 4.82. The van der Waals surface area contributed by atoms with Crippen molar-refractivity contribution < 1.29 is 24.1 Å². The summed E-state index contributed by atoms with van der Waals surface area (Å²) >= 11 is 0. The van der Waals surface area contributed by atoms with Gasteiger partial charge in [-0.1, -0.05) is 34.1 Å². The lowest BCUT2D eigenvalue weighted by atomic mass is 9.82. The number of fused-ring (bicyclic) bond motifs is 1. The molecule has 24 heavy (non-hydrogen) atoms. The topological polar surface area (TPSA) is 71.5 Å². The van der Waals surface area contributed by atoms with Crippen LogP contribution in [0.4, 0.5) is 0 Å². The lowest BCUT2D eigenvalue weighted by Gasteiger charge is -2.44. The standard InChI is InChI=1S/C18H32O5Si/c1-7-8-10-9-11-12(17(20)21-10)14(16-15(22-16)13(11)19)23-24(5,6)18(2,3)4/h10,13-17,19-20H,7-9H2,1-6H3/t10-,13+,14-,15-,16+,17?/m1/s1. The SMILES string of the molecule is CCC[C@@H]1CC2=C(C(O)O1)[C@@H](O[Si](C)(C)C(C)(C)C)[C@@H]1O[C@@H]1[C@H]2O. The minimum absolute atomic E-state index is 0.0396. The van der Waals surface area contributed by atoms with E-state index < -0.39 is 20.7 Å². The Balaban J connectivity index is 1.90. The van der Waals surface area contributed by atoms with Crippen LogP contribution >= 0.6 is 0 Å². The van der Waals surface area contributed by atoms with E-state index in [4.69, 9.17) is 13.9 Å². The van der Waals surface area contributed by atoms with Crippen LogP contribution in [0.5, 0.6) is 0 Å². The highest BCUT2D eigenvalue weighted by molar-refractivity contribution is 6.74. The second-order valence-electron chi connectivity index (χ2n) is 8.89. The molecule has 0 radical (unpaired) electrons. The zero-order chi connectivity index (χ0) is 17.9. The van der Waals surface area contributed by atoms with Crippen molar-refractivity contribution in [3.8, 4) is 0 Å². The molecule has 2 aliphatic heterocycles. The predicted molar refractivity (Wildman–Crippen MR) is 94.2 cm³/mol. The molecule has 6 atom stereocenters.